The van der Waals surface area contributed by atoms with Gasteiger partial charge in [0.2, 0.25) is 0 Å². The van der Waals surface area contributed by atoms with E-state index in [1.54, 1.807) is 0 Å². The van der Waals surface area contributed by atoms with Crippen LogP contribution in [0.5, 0.6) is 0 Å². The first kappa shape index (κ1) is 17.5. The molecule has 0 saturated carbocycles. The SMILES string of the molecule is CCC1(Cn2ccc3ccc(S(=N)(=O)CCN)cc32)CCOCC1. The molecule has 1 aliphatic rings. The molecule has 0 radical (unpaired) electrons. The van der Waals surface area contributed by atoms with Crippen LogP contribution in [0, 0.1) is 10.2 Å². The molecule has 1 saturated heterocycles. The molecule has 0 aliphatic carbocycles. The molecule has 0 amide bonds. The van der Waals surface area contributed by atoms with Crippen LogP contribution in [0.15, 0.2) is 35.4 Å². The molecule has 2 heterocycles. The Morgan fingerprint density at radius 1 is 1.33 bits per heavy atom. The summed E-state index contributed by atoms with van der Waals surface area (Å²) in [7, 11) is -2.81. The summed E-state index contributed by atoms with van der Waals surface area (Å²) in [6, 6.07) is 7.79. The first-order valence-electron chi connectivity index (χ1n) is 8.63. The highest BCUT2D eigenvalue weighted by atomic mass is 32.2. The lowest BCUT2D eigenvalue weighted by atomic mass is 9.78. The van der Waals surface area contributed by atoms with Crippen molar-refractivity contribution >= 4 is 20.6 Å². The van der Waals surface area contributed by atoms with Crippen molar-refractivity contribution in [3.63, 3.8) is 0 Å². The van der Waals surface area contributed by atoms with Crippen LogP contribution < -0.4 is 5.73 Å². The number of nitrogens with one attached hydrogen (secondary N) is 1. The van der Waals surface area contributed by atoms with Crippen LogP contribution in [0.4, 0.5) is 0 Å². The van der Waals surface area contributed by atoms with E-state index < -0.39 is 9.73 Å². The van der Waals surface area contributed by atoms with Gasteiger partial charge < -0.3 is 15.0 Å². The zero-order valence-corrected chi connectivity index (χ0v) is 15.1. The summed E-state index contributed by atoms with van der Waals surface area (Å²) in [5.41, 5.74) is 6.84. The van der Waals surface area contributed by atoms with Gasteiger partial charge in [0.15, 0.2) is 0 Å². The van der Waals surface area contributed by atoms with Gasteiger partial charge in [0.25, 0.3) is 0 Å². The molecule has 0 bridgehead atoms. The quantitative estimate of drug-likeness (QED) is 0.840. The lowest BCUT2D eigenvalue weighted by molar-refractivity contribution is 0.00407. The first-order chi connectivity index (χ1) is 11.5. The molecule has 1 fully saturated rings. The molecule has 132 valence electrons. The molecule has 1 aromatic heterocycles. The molecule has 1 aliphatic heterocycles. The number of benzene rings is 1. The third-order valence-electron chi connectivity index (χ3n) is 5.34. The normalized spacial score (nSPS) is 20.1. The first-order valence-corrected chi connectivity index (χ1v) is 10.4. The molecule has 3 rings (SSSR count). The van der Waals surface area contributed by atoms with Gasteiger partial charge in [-0.05, 0) is 48.3 Å². The van der Waals surface area contributed by atoms with Gasteiger partial charge in [0.05, 0.1) is 9.73 Å². The van der Waals surface area contributed by atoms with Crippen molar-refractivity contribution in [2.75, 3.05) is 25.5 Å². The van der Waals surface area contributed by atoms with Gasteiger partial charge in [-0.1, -0.05) is 13.0 Å². The molecule has 5 nitrogen and oxygen atoms in total. The lowest BCUT2D eigenvalue weighted by Gasteiger charge is -2.37. The van der Waals surface area contributed by atoms with E-state index in [0.29, 0.717) is 4.90 Å². The van der Waals surface area contributed by atoms with Crippen molar-refractivity contribution in [2.24, 2.45) is 11.1 Å². The van der Waals surface area contributed by atoms with Crippen LogP contribution in [0.3, 0.4) is 0 Å². The molecule has 2 aromatic rings. The number of hydrogen-bond acceptors (Lipinski definition) is 4. The van der Waals surface area contributed by atoms with Crippen molar-refractivity contribution in [3.8, 4) is 0 Å². The second kappa shape index (κ2) is 6.86. The van der Waals surface area contributed by atoms with E-state index in [1.165, 1.54) is 0 Å². The number of nitrogens with zero attached hydrogens (tertiary/aromatic N) is 1. The standard InChI is InChI=1S/C18H27N3O2S/c1-2-18(6-10-23-11-7-18)14-21-9-5-15-3-4-16(13-17(15)21)24(20,22)12-8-19/h3-5,9,13,20H,2,6-8,10-12,14,19H2,1H3. The Hall–Kier alpha value is -1.37. The molecule has 1 atom stereocenters. The van der Waals surface area contributed by atoms with E-state index in [4.69, 9.17) is 15.3 Å². The van der Waals surface area contributed by atoms with Crippen LogP contribution in [0.25, 0.3) is 10.9 Å². The summed E-state index contributed by atoms with van der Waals surface area (Å²) in [6.07, 6.45) is 5.38. The van der Waals surface area contributed by atoms with Crippen molar-refractivity contribution < 1.29 is 8.95 Å². The zero-order valence-electron chi connectivity index (χ0n) is 14.3. The summed E-state index contributed by atoms with van der Waals surface area (Å²) in [5, 5.41) is 1.13. The Morgan fingerprint density at radius 2 is 2.08 bits per heavy atom. The van der Waals surface area contributed by atoms with Gasteiger partial charge in [-0.25, -0.2) is 8.99 Å². The fourth-order valence-corrected chi connectivity index (χ4v) is 4.74. The van der Waals surface area contributed by atoms with Crippen molar-refractivity contribution in [3.05, 3.63) is 30.5 Å². The highest BCUT2D eigenvalue weighted by molar-refractivity contribution is 7.92. The number of fused-ring (bicyclic) bond motifs is 1. The Kier molecular flexibility index (Phi) is 4.99. The highest BCUT2D eigenvalue weighted by Crippen LogP contribution is 2.37. The second-order valence-corrected chi connectivity index (χ2v) is 9.03. The summed E-state index contributed by atoms with van der Waals surface area (Å²) in [5.74, 6) is 0.204. The van der Waals surface area contributed by atoms with E-state index >= 15 is 0 Å². The van der Waals surface area contributed by atoms with Crippen LogP contribution in [-0.4, -0.2) is 34.3 Å². The van der Waals surface area contributed by atoms with Crippen molar-refractivity contribution in [1.82, 2.24) is 4.57 Å². The zero-order chi connectivity index (χ0) is 17.2. The maximum atomic E-state index is 12.5. The molecule has 3 N–H and O–H groups in total. The molecule has 1 aromatic carbocycles. The summed E-state index contributed by atoms with van der Waals surface area (Å²) in [4.78, 5) is 0.581. The summed E-state index contributed by atoms with van der Waals surface area (Å²) < 4.78 is 28.4. The molecular weight excluding hydrogens is 322 g/mol. The fourth-order valence-electron chi connectivity index (χ4n) is 3.58. The minimum atomic E-state index is -2.81. The molecular formula is C18H27N3O2S. The molecule has 0 spiro atoms. The van der Waals surface area contributed by atoms with Crippen LogP contribution in [-0.2, 0) is 21.0 Å². The average molecular weight is 350 g/mol. The number of ether oxygens (including phenoxy) is 1. The second-order valence-electron chi connectivity index (χ2n) is 6.80. The topological polar surface area (TPSA) is 81.1 Å². The third-order valence-corrected chi connectivity index (χ3v) is 7.17. The van der Waals surface area contributed by atoms with Gasteiger partial charge >= 0.3 is 0 Å². The number of nitrogens with two attached hydrogens (primary N) is 1. The molecule has 1 unspecified atom stereocenters. The Labute approximate surface area is 144 Å². The van der Waals surface area contributed by atoms with Crippen LogP contribution in [0.2, 0.25) is 0 Å². The predicted molar refractivity (Wildman–Crippen MR) is 97.8 cm³/mol. The predicted octanol–water partition coefficient (Wildman–Crippen LogP) is 3.21. The van der Waals surface area contributed by atoms with Crippen LogP contribution in [0.1, 0.15) is 26.2 Å². The van der Waals surface area contributed by atoms with Crippen molar-refractivity contribution in [1.29, 1.82) is 4.78 Å². The minimum Gasteiger partial charge on any atom is -0.381 e. The highest BCUT2D eigenvalue weighted by Gasteiger charge is 2.31. The molecule has 24 heavy (non-hydrogen) atoms. The number of aromatic nitrogens is 1. The Bertz CT molecular complexity index is 805. The van der Waals surface area contributed by atoms with E-state index in [0.717, 1.165) is 49.9 Å². The average Bonchev–Trinajstić information content (AvgIpc) is 2.98. The lowest BCUT2D eigenvalue weighted by Crippen LogP contribution is -2.33. The van der Waals surface area contributed by atoms with E-state index in [2.05, 4.69) is 23.8 Å². The minimum absolute atomic E-state index is 0.204. The third kappa shape index (κ3) is 3.36. The van der Waals surface area contributed by atoms with E-state index in [1.807, 2.05) is 18.2 Å². The summed E-state index contributed by atoms with van der Waals surface area (Å²) in [6.45, 7) is 5.11. The monoisotopic (exact) mass is 349 g/mol. The van der Waals surface area contributed by atoms with Crippen molar-refractivity contribution in [2.45, 2.75) is 37.6 Å². The number of hydrogen-bond donors (Lipinski definition) is 2. The molecule has 6 heteroatoms. The maximum absolute atomic E-state index is 12.5. The van der Waals surface area contributed by atoms with Gasteiger partial charge in [0.1, 0.15) is 0 Å². The Balaban J connectivity index is 1.97. The smallest absolute Gasteiger partial charge is 0.0739 e. The van der Waals surface area contributed by atoms with Gasteiger partial charge in [0, 0.05) is 48.7 Å². The summed E-state index contributed by atoms with van der Waals surface area (Å²) >= 11 is 0. The maximum Gasteiger partial charge on any atom is 0.0739 e. The van der Waals surface area contributed by atoms with Gasteiger partial charge in [-0.15, -0.1) is 0 Å². The van der Waals surface area contributed by atoms with E-state index in [9.17, 15) is 4.21 Å². The van der Waals surface area contributed by atoms with Crippen LogP contribution >= 0.6 is 0 Å². The largest absolute Gasteiger partial charge is 0.381 e. The number of rotatable bonds is 6. The van der Waals surface area contributed by atoms with E-state index in [-0.39, 0.29) is 17.7 Å². The Morgan fingerprint density at radius 3 is 2.75 bits per heavy atom. The fraction of sp³-hybridized carbons (Fsp3) is 0.556. The van der Waals surface area contributed by atoms with Gasteiger partial charge in [-0.2, -0.15) is 0 Å². The van der Waals surface area contributed by atoms with Gasteiger partial charge in [-0.3, -0.25) is 0 Å².